The summed E-state index contributed by atoms with van der Waals surface area (Å²) >= 11 is 0. The highest BCUT2D eigenvalue weighted by Crippen LogP contribution is 2.37. The summed E-state index contributed by atoms with van der Waals surface area (Å²) in [6, 6.07) is 8.81. The number of carbonyl (C=O) groups excluding carboxylic acids is 1. The van der Waals surface area contributed by atoms with Crippen LogP contribution >= 0.6 is 0 Å². The Labute approximate surface area is 120 Å². The van der Waals surface area contributed by atoms with E-state index in [1.807, 2.05) is 0 Å². The molecule has 1 heterocycles. The first-order valence-electron chi connectivity index (χ1n) is 7.83. The molecule has 2 aliphatic carbocycles. The lowest BCUT2D eigenvalue weighted by Crippen LogP contribution is -2.52. The second kappa shape index (κ2) is 4.59. The molecule has 3 nitrogen and oxygen atoms in total. The van der Waals surface area contributed by atoms with Gasteiger partial charge in [0.05, 0.1) is 0 Å². The number of carbonyl (C=O) groups is 1. The maximum absolute atomic E-state index is 12.8. The third-order valence-corrected chi connectivity index (χ3v) is 5.62. The van der Waals surface area contributed by atoms with Crippen LogP contribution in [0.15, 0.2) is 24.3 Å². The summed E-state index contributed by atoms with van der Waals surface area (Å²) < 4.78 is 0. The van der Waals surface area contributed by atoms with E-state index in [1.165, 1.54) is 24.0 Å². The van der Waals surface area contributed by atoms with Gasteiger partial charge in [0.1, 0.15) is 0 Å². The molecule has 20 heavy (non-hydrogen) atoms. The summed E-state index contributed by atoms with van der Waals surface area (Å²) in [7, 11) is 0. The van der Waals surface area contributed by atoms with Gasteiger partial charge in [-0.2, -0.15) is 0 Å². The van der Waals surface area contributed by atoms with Gasteiger partial charge in [-0.25, -0.2) is 0 Å². The van der Waals surface area contributed by atoms with Gasteiger partial charge in [-0.1, -0.05) is 24.3 Å². The Morgan fingerprint density at radius 1 is 1.05 bits per heavy atom. The lowest BCUT2D eigenvalue weighted by Gasteiger charge is -2.37. The number of rotatable bonds is 1. The Balaban J connectivity index is 1.47. The molecule has 3 aliphatic rings. The molecule has 1 amide bonds. The first kappa shape index (κ1) is 12.4. The van der Waals surface area contributed by atoms with Crippen molar-refractivity contribution in [2.24, 2.45) is 23.5 Å². The van der Waals surface area contributed by atoms with Gasteiger partial charge >= 0.3 is 0 Å². The Morgan fingerprint density at radius 3 is 2.15 bits per heavy atom. The second-order valence-electron chi connectivity index (χ2n) is 6.79. The Hall–Kier alpha value is -1.35. The summed E-state index contributed by atoms with van der Waals surface area (Å²) in [4.78, 5) is 14.9. The van der Waals surface area contributed by atoms with Crippen LogP contribution in [-0.4, -0.2) is 29.9 Å². The van der Waals surface area contributed by atoms with Crippen molar-refractivity contribution < 1.29 is 4.79 Å². The summed E-state index contributed by atoms with van der Waals surface area (Å²) in [6.07, 6.45) is 4.26. The minimum atomic E-state index is 0.168. The van der Waals surface area contributed by atoms with Gasteiger partial charge in [-0.05, 0) is 48.6 Å². The highest BCUT2D eigenvalue weighted by Gasteiger charge is 2.42. The van der Waals surface area contributed by atoms with Gasteiger partial charge in [0.25, 0.3) is 0 Å². The lowest BCUT2D eigenvalue weighted by molar-refractivity contribution is -0.137. The molecular weight excluding hydrogens is 248 g/mol. The molecule has 2 N–H and O–H groups in total. The Morgan fingerprint density at radius 2 is 1.60 bits per heavy atom. The SMILES string of the molecule is NC1[C@@H]2CC[C@H]1CN(C(=O)C1Cc3ccccc3C1)C2. The number of likely N-dealkylation sites (tertiary alicyclic amines) is 1. The summed E-state index contributed by atoms with van der Waals surface area (Å²) in [5.74, 6) is 1.62. The zero-order valence-corrected chi connectivity index (χ0v) is 11.8. The normalized spacial score (nSPS) is 32.5. The smallest absolute Gasteiger partial charge is 0.226 e. The molecule has 1 unspecified atom stereocenters. The first-order chi connectivity index (χ1) is 9.72. The molecule has 0 aromatic heterocycles. The molecule has 0 radical (unpaired) electrons. The molecular formula is C17H22N2O. The lowest BCUT2D eigenvalue weighted by atomic mass is 9.91. The molecule has 106 valence electrons. The minimum Gasteiger partial charge on any atom is -0.342 e. The van der Waals surface area contributed by atoms with Crippen LogP contribution in [0.4, 0.5) is 0 Å². The van der Waals surface area contributed by atoms with E-state index in [1.54, 1.807) is 0 Å². The number of hydrogen-bond donors (Lipinski definition) is 1. The molecule has 1 aromatic rings. The zero-order chi connectivity index (χ0) is 13.7. The minimum absolute atomic E-state index is 0.168. The van der Waals surface area contributed by atoms with Gasteiger partial charge in [0, 0.05) is 25.0 Å². The molecule has 2 fully saturated rings. The average Bonchev–Trinajstić information content (AvgIpc) is 2.95. The van der Waals surface area contributed by atoms with E-state index in [2.05, 4.69) is 29.2 Å². The van der Waals surface area contributed by atoms with Crippen LogP contribution in [0.2, 0.25) is 0 Å². The quantitative estimate of drug-likeness (QED) is 0.842. The van der Waals surface area contributed by atoms with Gasteiger partial charge in [-0.3, -0.25) is 4.79 Å². The number of hydrogen-bond acceptors (Lipinski definition) is 2. The molecule has 0 spiro atoms. The van der Waals surface area contributed by atoms with Crippen molar-refractivity contribution in [1.29, 1.82) is 0 Å². The highest BCUT2D eigenvalue weighted by molar-refractivity contribution is 5.80. The maximum Gasteiger partial charge on any atom is 0.226 e. The van der Waals surface area contributed by atoms with Gasteiger partial charge in [0.15, 0.2) is 0 Å². The number of nitrogens with zero attached hydrogens (tertiary/aromatic N) is 1. The fraction of sp³-hybridized carbons (Fsp3) is 0.588. The van der Waals surface area contributed by atoms with Crippen LogP contribution < -0.4 is 5.73 Å². The topological polar surface area (TPSA) is 46.3 Å². The largest absolute Gasteiger partial charge is 0.342 e. The fourth-order valence-corrected chi connectivity index (χ4v) is 4.44. The van der Waals surface area contributed by atoms with E-state index in [0.717, 1.165) is 25.9 Å². The third-order valence-electron chi connectivity index (χ3n) is 5.62. The van der Waals surface area contributed by atoms with Crippen molar-refractivity contribution in [3.63, 3.8) is 0 Å². The number of amides is 1. The van der Waals surface area contributed by atoms with E-state index in [0.29, 0.717) is 23.8 Å². The monoisotopic (exact) mass is 270 g/mol. The van der Waals surface area contributed by atoms with E-state index in [9.17, 15) is 4.79 Å². The van der Waals surface area contributed by atoms with Crippen LogP contribution in [0.5, 0.6) is 0 Å². The van der Waals surface area contributed by atoms with Crippen LogP contribution in [0.1, 0.15) is 24.0 Å². The van der Waals surface area contributed by atoms with Crippen LogP contribution in [-0.2, 0) is 17.6 Å². The molecule has 1 aliphatic heterocycles. The molecule has 3 atom stereocenters. The van der Waals surface area contributed by atoms with Crippen molar-refractivity contribution in [1.82, 2.24) is 4.90 Å². The Bertz CT molecular complexity index is 503. The van der Waals surface area contributed by atoms with E-state index >= 15 is 0 Å². The summed E-state index contributed by atoms with van der Waals surface area (Å²) in [5, 5.41) is 0. The molecule has 3 heteroatoms. The molecule has 1 aromatic carbocycles. The van der Waals surface area contributed by atoms with Crippen molar-refractivity contribution in [2.45, 2.75) is 31.7 Å². The number of nitrogens with two attached hydrogens (primary N) is 1. The first-order valence-corrected chi connectivity index (χ1v) is 7.83. The fourth-order valence-electron chi connectivity index (χ4n) is 4.44. The van der Waals surface area contributed by atoms with E-state index in [-0.39, 0.29) is 5.92 Å². The summed E-state index contributed by atoms with van der Waals surface area (Å²) in [5.41, 5.74) is 8.96. The third kappa shape index (κ3) is 1.87. The molecule has 1 saturated carbocycles. The molecule has 1 saturated heterocycles. The number of piperidine rings is 1. The van der Waals surface area contributed by atoms with E-state index in [4.69, 9.17) is 5.73 Å². The van der Waals surface area contributed by atoms with Crippen LogP contribution in [0.3, 0.4) is 0 Å². The average molecular weight is 270 g/mol. The van der Waals surface area contributed by atoms with Crippen molar-refractivity contribution in [2.75, 3.05) is 13.1 Å². The van der Waals surface area contributed by atoms with Crippen molar-refractivity contribution in [3.8, 4) is 0 Å². The number of fused-ring (bicyclic) bond motifs is 3. The van der Waals surface area contributed by atoms with Crippen molar-refractivity contribution >= 4 is 5.91 Å². The maximum atomic E-state index is 12.8. The van der Waals surface area contributed by atoms with Gasteiger partial charge < -0.3 is 10.6 Å². The summed E-state index contributed by atoms with van der Waals surface area (Å²) in [6.45, 7) is 1.78. The standard InChI is InChI=1S/C17H22N2O/c18-16-13-5-6-14(16)10-19(9-13)17(20)15-7-11-3-1-2-4-12(11)8-15/h1-4,13-16H,5-10,18H2/t13-,14+,16?. The van der Waals surface area contributed by atoms with Crippen molar-refractivity contribution in [3.05, 3.63) is 35.4 Å². The zero-order valence-electron chi connectivity index (χ0n) is 11.8. The van der Waals surface area contributed by atoms with Gasteiger partial charge in [0.2, 0.25) is 5.91 Å². The predicted molar refractivity (Wildman–Crippen MR) is 78.1 cm³/mol. The Kier molecular flexibility index (Phi) is 2.84. The van der Waals surface area contributed by atoms with E-state index < -0.39 is 0 Å². The molecule has 2 bridgehead atoms. The van der Waals surface area contributed by atoms with Crippen LogP contribution in [0, 0.1) is 17.8 Å². The highest BCUT2D eigenvalue weighted by atomic mass is 16.2. The predicted octanol–water partition coefficient (Wildman–Crippen LogP) is 1.60. The van der Waals surface area contributed by atoms with Gasteiger partial charge in [-0.15, -0.1) is 0 Å². The number of benzene rings is 1. The second-order valence-corrected chi connectivity index (χ2v) is 6.79. The van der Waals surface area contributed by atoms with Crippen LogP contribution in [0.25, 0.3) is 0 Å². The molecule has 4 rings (SSSR count).